The minimum absolute atomic E-state index is 0.0399. The molecular weight excluding hydrogens is 736 g/mol. The van der Waals surface area contributed by atoms with Crippen LogP contribution in [0.4, 0.5) is 30.2 Å². The summed E-state index contributed by atoms with van der Waals surface area (Å²) >= 11 is 1.90. The first-order valence-electron chi connectivity index (χ1n) is 14.5. The van der Waals surface area contributed by atoms with E-state index in [1.54, 1.807) is 18.2 Å². The van der Waals surface area contributed by atoms with Crippen molar-refractivity contribution in [1.82, 2.24) is 21.0 Å². The standard InChI is InChI=1S/C31H28F3IN6O6/c32-21-6-5-19(27(26(21)34)38-23-7-2-16(35)14-22(23)33)28(43)40-47-13-1-10-36-11-12-37-17-3-4-18-20(15-17)31(46)41(30(18)45)24-8-9-25(42)39-29(24)44/h2-7,14-15,24,36-38H,1,8-13H2,(H,40,43)(H,39,42,44). The molecule has 0 bridgehead atoms. The molecule has 2 heterocycles. The molecule has 16 heteroatoms. The smallest absolute Gasteiger partial charge is 0.277 e. The van der Waals surface area contributed by atoms with Gasteiger partial charge >= 0.3 is 0 Å². The molecule has 5 rings (SSSR count). The number of halogens is 4. The summed E-state index contributed by atoms with van der Waals surface area (Å²) in [7, 11) is 0. The maximum Gasteiger partial charge on any atom is 0.277 e. The van der Waals surface area contributed by atoms with Crippen molar-refractivity contribution in [3.8, 4) is 0 Å². The van der Waals surface area contributed by atoms with Gasteiger partial charge in [-0.2, -0.15) is 0 Å². The fourth-order valence-electron chi connectivity index (χ4n) is 5.03. The van der Waals surface area contributed by atoms with E-state index in [2.05, 4.69) is 26.7 Å². The Balaban J connectivity index is 1.03. The number of hydrogen-bond acceptors (Lipinski definition) is 9. The van der Waals surface area contributed by atoms with Gasteiger partial charge in [-0.3, -0.25) is 39.0 Å². The topological polar surface area (TPSA) is 158 Å². The number of carbonyl (C=O) groups is 5. The summed E-state index contributed by atoms with van der Waals surface area (Å²) in [4.78, 5) is 68.2. The number of nitrogens with one attached hydrogen (secondary N) is 5. The van der Waals surface area contributed by atoms with Crippen molar-refractivity contribution in [2.75, 3.05) is 36.9 Å². The lowest BCUT2D eigenvalue weighted by molar-refractivity contribution is -0.136. The van der Waals surface area contributed by atoms with Gasteiger partial charge in [0.2, 0.25) is 11.8 Å². The minimum atomic E-state index is -1.34. The zero-order valence-corrected chi connectivity index (χ0v) is 26.7. The number of amides is 5. The Morgan fingerprint density at radius 3 is 2.49 bits per heavy atom. The number of imide groups is 2. The molecule has 5 amide bonds. The number of anilines is 3. The van der Waals surface area contributed by atoms with E-state index in [1.165, 1.54) is 18.2 Å². The highest BCUT2D eigenvalue weighted by atomic mass is 127. The molecule has 47 heavy (non-hydrogen) atoms. The van der Waals surface area contributed by atoms with Crippen LogP contribution in [0.3, 0.4) is 0 Å². The van der Waals surface area contributed by atoms with Crippen molar-refractivity contribution in [3.05, 3.63) is 86.2 Å². The van der Waals surface area contributed by atoms with Gasteiger partial charge in [0.25, 0.3) is 17.7 Å². The number of carbonyl (C=O) groups excluding carboxylic acids is 5. The molecule has 3 aromatic rings. The molecule has 1 fully saturated rings. The molecule has 3 aromatic carbocycles. The number of fused-ring (bicyclic) bond motifs is 1. The highest BCUT2D eigenvalue weighted by molar-refractivity contribution is 14.1. The van der Waals surface area contributed by atoms with Crippen LogP contribution < -0.4 is 26.7 Å². The molecule has 246 valence electrons. The molecule has 0 aliphatic carbocycles. The Morgan fingerprint density at radius 1 is 0.936 bits per heavy atom. The lowest BCUT2D eigenvalue weighted by Gasteiger charge is -2.27. The number of piperidine rings is 1. The van der Waals surface area contributed by atoms with Gasteiger partial charge in [0.1, 0.15) is 11.9 Å². The molecule has 0 saturated carbocycles. The summed E-state index contributed by atoms with van der Waals surface area (Å²) in [5.41, 5.74) is 2.18. The second kappa shape index (κ2) is 14.9. The van der Waals surface area contributed by atoms with Gasteiger partial charge in [0.15, 0.2) is 11.6 Å². The van der Waals surface area contributed by atoms with Gasteiger partial charge in [-0.15, -0.1) is 0 Å². The molecule has 0 radical (unpaired) electrons. The fourth-order valence-corrected chi connectivity index (χ4v) is 5.48. The van der Waals surface area contributed by atoms with Crippen molar-refractivity contribution >= 4 is 69.2 Å². The lowest BCUT2D eigenvalue weighted by atomic mass is 10.0. The Kier molecular flexibility index (Phi) is 10.7. The summed E-state index contributed by atoms with van der Waals surface area (Å²) in [6.45, 7) is 1.56. The molecule has 2 aliphatic rings. The van der Waals surface area contributed by atoms with E-state index in [0.29, 0.717) is 35.3 Å². The number of hydroxylamine groups is 1. The zero-order valence-electron chi connectivity index (χ0n) is 24.6. The second-order valence-electron chi connectivity index (χ2n) is 10.6. The number of benzene rings is 3. The second-order valence-corrected chi connectivity index (χ2v) is 11.8. The van der Waals surface area contributed by atoms with Crippen LogP contribution in [0.2, 0.25) is 0 Å². The SMILES string of the molecule is O=C1CCC(N2C(=O)c3ccc(NCCNCCCONC(=O)c4ccc(F)c(F)c4Nc4ccc(I)cc4F)cc3C2=O)C(=O)N1. The van der Waals surface area contributed by atoms with Gasteiger partial charge in [0, 0.05) is 28.8 Å². The van der Waals surface area contributed by atoms with Gasteiger partial charge < -0.3 is 16.0 Å². The predicted octanol–water partition coefficient (Wildman–Crippen LogP) is 3.61. The Hall–Kier alpha value is -4.55. The Morgan fingerprint density at radius 2 is 1.72 bits per heavy atom. The first kappa shape index (κ1) is 33.8. The molecule has 2 aliphatic heterocycles. The van der Waals surface area contributed by atoms with Crippen LogP contribution in [0.25, 0.3) is 0 Å². The maximum atomic E-state index is 14.6. The molecule has 12 nitrogen and oxygen atoms in total. The van der Waals surface area contributed by atoms with Crippen molar-refractivity contribution in [2.24, 2.45) is 0 Å². The van der Waals surface area contributed by atoms with Crippen LogP contribution in [-0.2, 0) is 14.4 Å². The highest BCUT2D eigenvalue weighted by Crippen LogP contribution is 2.30. The van der Waals surface area contributed by atoms with Crippen LogP contribution in [0.1, 0.15) is 50.3 Å². The molecule has 5 N–H and O–H groups in total. The zero-order chi connectivity index (χ0) is 33.7. The Bertz CT molecular complexity index is 1760. The number of rotatable bonds is 13. The molecule has 1 saturated heterocycles. The number of hydrogen-bond donors (Lipinski definition) is 5. The van der Waals surface area contributed by atoms with Crippen LogP contribution in [-0.4, -0.2) is 66.7 Å². The molecular formula is C31H28F3IN6O6. The monoisotopic (exact) mass is 764 g/mol. The highest BCUT2D eigenvalue weighted by Gasteiger charge is 2.44. The van der Waals surface area contributed by atoms with E-state index < -0.39 is 58.7 Å². The third kappa shape index (κ3) is 7.71. The third-order valence-corrected chi connectivity index (χ3v) is 8.04. The van der Waals surface area contributed by atoms with Gasteiger partial charge in [-0.05, 0) is 90.5 Å². The molecule has 1 unspecified atom stereocenters. The first-order valence-corrected chi connectivity index (χ1v) is 15.6. The van der Waals surface area contributed by atoms with E-state index in [1.807, 2.05) is 22.6 Å². The molecule has 0 spiro atoms. The van der Waals surface area contributed by atoms with Crippen LogP contribution in [0.5, 0.6) is 0 Å². The average Bonchev–Trinajstić information content (AvgIpc) is 3.28. The van der Waals surface area contributed by atoms with Gasteiger partial charge in [-0.1, -0.05) is 0 Å². The van der Waals surface area contributed by atoms with Gasteiger partial charge in [-0.25, -0.2) is 18.7 Å². The lowest BCUT2D eigenvalue weighted by Crippen LogP contribution is -2.54. The van der Waals surface area contributed by atoms with Crippen molar-refractivity contribution in [1.29, 1.82) is 0 Å². The average molecular weight is 764 g/mol. The van der Waals surface area contributed by atoms with Gasteiger partial charge in [0.05, 0.1) is 34.7 Å². The summed E-state index contributed by atoms with van der Waals surface area (Å²) in [5.74, 6) is -6.41. The summed E-state index contributed by atoms with van der Waals surface area (Å²) in [6.07, 6.45) is 0.592. The van der Waals surface area contributed by atoms with Crippen molar-refractivity contribution in [2.45, 2.75) is 25.3 Å². The Labute approximate surface area is 279 Å². The van der Waals surface area contributed by atoms with E-state index in [0.717, 1.165) is 17.0 Å². The van der Waals surface area contributed by atoms with E-state index >= 15 is 0 Å². The van der Waals surface area contributed by atoms with Crippen LogP contribution in [0.15, 0.2) is 48.5 Å². The largest absolute Gasteiger partial charge is 0.384 e. The van der Waals surface area contributed by atoms with E-state index in [-0.39, 0.29) is 41.8 Å². The maximum absolute atomic E-state index is 14.6. The normalized spacial score (nSPS) is 15.8. The van der Waals surface area contributed by atoms with Crippen LogP contribution in [0, 0.1) is 21.0 Å². The van der Waals surface area contributed by atoms with E-state index in [4.69, 9.17) is 4.84 Å². The quantitative estimate of drug-likeness (QED) is 0.0760. The van der Waals surface area contributed by atoms with Crippen molar-refractivity contribution in [3.63, 3.8) is 0 Å². The fraction of sp³-hybridized carbons (Fsp3) is 0.258. The minimum Gasteiger partial charge on any atom is -0.384 e. The summed E-state index contributed by atoms with van der Waals surface area (Å²) in [5, 5.41) is 10.9. The molecule has 1 atom stereocenters. The molecule has 0 aromatic heterocycles. The summed E-state index contributed by atoms with van der Waals surface area (Å²) in [6, 6.07) is 9.63. The van der Waals surface area contributed by atoms with Crippen LogP contribution >= 0.6 is 22.6 Å². The first-order chi connectivity index (χ1) is 22.5. The third-order valence-electron chi connectivity index (χ3n) is 7.37. The summed E-state index contributed by atoms with van der Waals surface area (Å²) < 4.78 is 43.4. The predicted molar refractivity (Wildman–Crippen MR) is 171 cm³/mol. The van der Waals surface area contributed by atoms with E-state index in [9.17, 15) is 37.1 Å². The number of nitrogens with zero attached hydrogens (tertiary/aromatic N) is 1. The van der Waals surface area contributed by atoms with Crippen molar-refractivity contribution < 1.29 is 42.0 Å².